The van der Waals surface area contributed by atoms with Crippen molar-refractivity contribution in [2.45, 2.75) is 26.8 Å². The lowest BCUT2D eigenvalue weighted by Crippen LogP contribution is -2.32. The van der Waals surface area contributed by atoms with Crippen molar-refractivity contribution in [1.82, 2.24) is 14.9 Å². The summed E-state index contributed by atoms with van der Waals surface area (Å²) in [6, 6.07) is 0.0653. The summed E-state index contributed by atoms with van der Waals surface area (Å²) in [6.07, 6.45) is 3.17. The molecule has 0 aromatic carbocycles. The summed E-state index contributed by atoms with van der Waals surface area (Å²) >= 11 is 0. The molecule has 2 N–H and O–H groups in total. The van der Waals surface area contributed by atoms with E-state index in [-0.39, 0.29) is 29.9 Å². The molecule has 0 fully saturated rings. The SMILES string of the molecule is CCNC(=O)CNc1nccn(C(C)C)c1=O. The molecule has 6 heteroatoms. The second-order valence-electron chi connectivity index (χ2n) is 3.89. The van der Waals surface area contributed by atoms with Crippen LogP contribution < -0.4 is 16.2 Å². The van der Waals surface area contributed by atoms with Gasteiger partial charge in [0, 0.05) is 25.0 Å². The third-order valence-electron chi connectivity index (χ3n) is 2.21. The zero-order chi connectivity index (χ0) is 12.8. The van der Waals surface area contributed by atoms with Crippen LogP contribution in [0.2, 0.25) is 0 Å². The number of amides is 1. The second kappa shape index (κ2) is 6.03. The van der Waals surface area contributed by atoms with Gasteiger partial charge in [0.1, 0.15) is 0 Å². The zero-order valence-electron chi connectivity index (χ0n) is 10.4. The molecule has 6 nitrogen and oxygen atoms in total. The third-order valence-corrected chi connectivity index (χ3v) is 2.21. The smallest absolute Gasteiger partial charge is 0.293 e. The number of carbonyl (C=O) groups is 1. The summed E-state index contributed by atoms with van der Waals surface area (Å²) in [6.45, 7) is 6.28. The van der Waals surface area contributed by atoms with Gasteiger partial charge >= 0.3 is 0 Å². The van der Waals surface area contributed by atoms with Crippen LogP contribution in [0.1, 0.15) is 26.8 Å². The average molecular weight is 238 g/mol. The van der Waals surface area contributed by atoms with Crippen LogP contribution in [0.25, 0.3) is 0 Å². The van der Waals surface area contributed by atoms with Gasteiger partial charge in [0.05, 0.1) is 6.54 Å². The number of rotatable bonds is 5. The van der Waals surface area contributed by atoms with Crippen LogP contribution in [0, 0.1) is 0 Å². The van der Waals surface area contributed by atoms with Crippen molar-refractivity contribution in [2.75, 3.05) is 18.4 Å². The van der Waals surface area contributed by atoms with E-state index in [1.165, 1.54) is 0 Å². The van der Waals surface area contributed by atoms with Crippen LogP contribution in [0.5, 0.6) is 0 Å². The molecule has 0 aliphatic carbocycles. The number of carbonyl (C=O) groups excluding carboxylic acids is 1. The minimum absolute atomic E-state index is 0.0538. The van der Waals surface area contributed by atoms with Crippen LogP contribution >= 0.6 is 0 Å². The Hall–Kier alpha value is -1.85. The molecule has 0 radical (unpaired) electrons. The number of nitrogens with one attached hydrogen (secondary N) is 2. The molecule has 1 aromatic rings. The molecule has 0 bridgehead atoms. The predicted molar refractivity (Wildman–Crippen MR) is 66.1 cm³/mol. The van der Waals surface area contributed by atoms with Gasteiger partial charge in [0.2, 0.25) is 5.91 Å². The topological polar surface area (TPSA) is 76.0 Å². The maximum atomic E-state index is 11.9. The van der Waals surface area contributed by atoms with E-state index in [4.69, 9.17) is 0 Å². The molecule has 94 valence electrons. The van der Waals surface area contributed by atoms with E-state index in [0.29, 0.717) is 6.54 Å². The lowest BCUT2D eigenvalue weighted by atomic mass is 10.4. The maximum Gasteiger partial charge on any atom is 0.293 e. The summed E-state index contributed by atoms with van der Waals surface area (Å²) in [5.74, 6) is 0.0427. The summed E-state index contributed by atoms with van der Waals surface area (Å²) < 4.78 is 1.56. The second-order valence-corrected chi connectivity index (χ2v) is 3.89. The van der Waals surface area contributed by atoms with E-state index in [9.17, 15) is 9.59 Å². The van der Waals surface area contributed by atoms with Crippen LogP contribution in [0.15, 0.2) is 17.2 Å². The van der Waals surface area contributed by atoms with Gasteiger partial charge in [0.25, 0.3) is 5.56 Å². The maximum absolute atomic E-state index is 11.9. The Morgan fingerprint density at radius 2 is 2.24 bits per heavy atom. The van der Waals surface area contributed by atoms with E-state index in [0.717, 1.165) is 0 Å². The van der Waals surface area contributed by atoms with E-state index >= 15 is 0 Å². The van der Waals surface area contributed by atoms with E-state index in [1.54, 1.807) is 17.0 Å². The van der Waals surface area contributed by atoms with Gasteiger partial charge < -0.3 is 15.2 Å². The predicted octanol–water partition coefficient (Wildman–Crippen LogP) is 0.372. The fourth-order valence-corrected chi connectivity index (χ4v) is 1.38. The van der Waals surface area contributed by atoms with Crippen LogP contribution in [-0.2, 0) is 4.79 Å². The molecule has 0 aliphatic heterocycles. The molecular formula is C11H18N4O2. The Balaban J connectivity index is 2.76. The quantitative estimate of drug-likeness (QED) is 0.777. The third kappa shape index (κ3) is 3.58. The monoisotopic (exact) mass is 238 g/mol. The first kappa shape index (κ1) is 13.2. The summed E-state index contributed by atoms with van der Waals surface area (Å²) in [4.78, 5) is 27.1. The molecule has 1 aromatic heterocycles. The van der Waals surface area contributed by atoms with Crippen LogP contribution in [-0.4, -0.2) is 28.5 Å². The average Bonchev–Trinajstić information content (AvgIpc) is 2.27. The van der Waals surface area contributed by atoms with Gasteiger partial charge in [-0.2, -0.15) is 0 Å². The lowest BCUT2D eigenvalue weighted by molar-refractivity contribution is -0.119. The van der Waals surface area contributed by atoms with Crippen molar-refractivity contribution in [1.29, 1.82) is 0 Å². The molecule has 1 heterocycles. The highest BCUT2D eigenvalue weighted by molar-refractivity contribution is 5.80. The molecule has 0 unspecified atom stereocenters. The Morgan fingerprint density at radius 3 is 2.82 bits per heavy atom. The van der Waals surface area contributed by atoms with Crippen molar-refractivity contribution in [3.63, 3.8) is 0 Å². The summed E-state index contributed by atoms with van der Waals surface area (Å²) in [7, 11) is 0. The van der Waals surface area contributed by atoms with E-state index < -0.39 is 0 Å². The molecule has 0 spiro atoms. The van der Waals surface area contributed by atoms with Gasteiger partial charge in [-0.3, -0.25) is 9.59 Å². The van der Waals surface area contributed by atoms with Crippen molar-refractivity contribution in [3.05, 3.63) is 22.7 Å². The Kier molecular flexibility index (Phi) is 4.68. The Morgan fingerprint density at radius 1 is 1.53 bits per heavy atom. The van der Waals surface area contributed by atoms with Gasteiger partial charge in [-0.1, -0.05) is 0 Å². The molecule has 0 aliphatic rings. The van der Waals surface area contributed by atoms with Gasteiger partial charge in [-0.15, -0.1) is 0 Å². The fourth-order valence-electron chi connectivity index (χ4n) is 1.38. The van der Waals surface area contributed by atoms with Gasteiger partial charge in [-0.25, -0.2) is 4.98 Å². The standard InChI is InChI=1S/C11H18N4O2/c1-4-12-9(16)7-14-10-11(17)15(8(2)3)6-5-13-10/h5-6,8H,4,7H2,1-3H3,(H,12,16)(H,13,14). The number of aromatic nitrogens is 2. The highest BCUT2D eigenvalue weighted by atomic mass is 16.2. The van der Waals surface area contributed by atoms with Crippen LogP contribution in [0.4, 0.5) is 5.82 Å². The van der Waals surface area contributed by atoms with Gasteiger partial charge in [0.15, 0.2) is 5.82 Å². The minimum Gasteiger partial charge on any atom is -0.356 e. The first-order chi connectivity index (χ1) is 8.06. The molecular weight excluding hydrogens is 220 g/mol. The fraction of sp³-hybridized carbons (Fsp3) is 0.545. The Bertz CT molecular complexity index is 439. The molecule has 1 rings (SSSR count). The zero-order valence-corrected chi connectivity index (χ0v) is 10.4. The molecule has 0 saturated heterocycles. The number of hydrogen-bond acceptors (Lipinski definition) is 4. The number of anilines is 1. The highest BCUT2D eigenvalue weighted by Gasteiger charge is 2.07. The molecule has 0 saturated carbocycles. The van der Waals surface area contributed by atoms with E-state index in [1.807, 2.05) is 20.8 Å². The highest BCUT2D eigenvalue weighted by Crippen LogP contribution is 2.00. The number of nitrogens with zero attached hydrogens (tertiary/aromatic N) is 2. The first-order valence-electron chi connectivity index (χ1n) is 5.64. The summed E-state index contributed by atoms with van der Waals surface area (Å²) in [5, 5.41) is 5.37. The van der Waals surface area contributed by atoms with Crippen molar-refractivity contribution >= 4 is 11.7 Å². The number of hydrogen-bond donors (Lipinski definition) is 2. The van der Waals surface area contributed by atoms with Gasteiger partial charge in [-0.05, 0) is 20.8 Å². The molecule has 1 amide bonds. The largest absolute Gasteiger partial charge is 0.356 e. The van der Waals surface area contributed by atoms with Crippen LogP contribution in [0.3, 0.4) is 0 Å². The normalized spacial score (nSPS) is 10.4. The van der Waals surface area contributed by atoms with Crippen molar-refractivity contribution < 1.29 is 4.79 Å². The minimum atomic E-state index is -0.216. The molecule has 0 atom stereocenters. The lowest BCUT2D eigenvalue weighted by Gasteiger charge is -2.11. The first-order valence-corrected chi connectivity index (χ1v) is 5.64. The number of likely N-dealkylation sites (N-methyl/N-ethyl adjacent to an activating group) is 1. The van der Waals surface area contributed by atoms with E-state index in [2.05, 4.69) is 15.6 Å². The van der Waals surface area contributed by atoms with Crippen molar-refractivity contribution in [3.8, 4) is 0 Å². The Labute approximate surface area is 100 Å². The van der Waals surface area contributed by atoms with Crippen molar-refractivity contribution in [2.24, 2.45) is 0 Å². The summed E-state index contributed by atoms with van der Waals surface area (Å²) in [5.41, 5.74) is -0.216. The molecule has 17 heavy (non-hydrogen) atoms.